The first-order valence-corrected chi connectivity index (χ1v) is 10.1. The highest BCUT2D eigenvalue weighted by Crippen LogP contribution is 2.34. The first kappa shape index (κ1) is 20.2. The first-order chi connectivity index (χ1) is 15.3. The minimum atomic E-state index is -4.43. The summed E-state index contributed by atoms with van der Waals surface area (Å²) in [7, 11) is 1.81. The van der Waals surface area contributed by atoms with E-state index in [-0.39, 0.29) is 6.54 Å². The van der Waals surface area contributed by atoms with Crippen molar-refractivity contribution in [2.75, 3.05) is 16.8 Å². The highest BCUT2D eigenvalue weighted by molar-refractivity contribution is 5.91. The zero-order valence-corrected chi connectivity index (χ0v) is 17.5. The Bertz CT molecular complexity index is 1310. The maximum absolute atomic E-state index is 13.2. The maximum Gasteiger partial charge on any atom is 0.417 e. The molecule has 4 aromatic rings. The van der Waals surface area contributed by atoms with Crippen LogP contribution in [0.2, 0.25) is 0 Å². The molecule has 0 fully saturated rings. The maximum atomic E-state index is 13.2. The third-order valence-electron chi connectivity index (χ3n) is 5.56. The van der Waals surface area contributed by atoms with Crippen molar-refractivity contribution in [3.8, 4) is 0 Å². The standard InChI is InChI=1S/C22H20F3N7/c1-13-3-4-18-16(9-13)20(30-21(28-18)29-19-5-7-27-31(19)2)32-8-6-17-14(12-32)10-15(11-26-17)22(23,24)25/h3-5,7,9-11H,6,8,12H2,1-2H3,(H,28,29,30). The molecule has 1 aliphatic heterocycles. The number of benzene rings is 1. The number of rotatable bonds is 3. The Kier molecular flexibility index (Phi) is 4.72. The Labute approximate surface area is 181 Å². The predicted octanol–water partition coefficient (Wildman–Crippen LogP) is 4.39. The molecule has 0 atom stereocenters. The summed E-state index contributed by atoms with van der Waals surface area (Å²) in [6.45, 7) is 2.87. The molecule has 1 N–H and O–H groups in total. The van der Waals surface area contributed by atoms with Crippen LogP contribution in [0.25, 0.3) is 10.9 Å². The lowest BCUT2D eigenvalue weighted by molar-refractivity contribution is -0.137. The van der Waals surface area contributed by atoms with E-state index in [2.05, 4.69) is 20.4 Å². The van der Waals surface area contributed by atoms with Gasteiger partial charge in [0.2, 0.25) is 5.95 Å². The lowest BCUT2D eigenvalue weighted by Gasteiger charge is -2.30. The number of halogens is 3. The third kappa shape index (κ3) is 3.72. The summed E-state index contributed by atoms with van der Waals surface area (Å²) in [5.41, 5.74) is 2.31. The minimum absolute atomic E-state index is 0.289. The summed E-state index contributed by atoms with van der Waals surface area (Å²) in [4.78, 5) is 15.4. The summed E-state index contributed by atoms with van der Waals surface area (Å²) >= 11 is 0. The summed E-state index contributed by atoms with van der Waals surface area (Å²) in [5, 5.41) is 8.17. The molecular weight excluding hydrogens is 419 g/mol. The molecule has 0 spiro atoms. The van der Waals surface area contributed by atoms with E-state index in [1.165, 1.54) is 6.07 Å². The SMILES string of the molecule is Cc1ccc2nc(Nc3ccnn3C)nc(N3CCc4ncc(C(F)(F)F)cc4C3)c2c1. The minimum Gasteiger partial charge on any atom is -0.351 e. The van der Waals surface area contributed by atoms with E-state index in [0.717, 1.165) is 28.5 Å². The van der Waals surface area contributed by atoms with Gasteiger partial charge in [0.05, 0.1) is 17.3 Å². The van der Waals surface area contributed by atoms with Crippen LogP contribution in [0, 0.1) is 6.92 Å². The number of hydrogen-bond acceptors (Lipinski definition) is 6. The van der Waals surface area contributed by atoms with Crippen molar-refractivity contribution >= 4 is 28.5 Å². The third-order valence-corrected chi connectivity index (χ3v) is 5.56. The number of hydrogen-bond donors (Lipinski definition) is 1. The Morgan fingerprint density at radius 1 is 1.09 bits per heavy atom. The molecule has 3 aromatic heterocycles. The number of aryl methyl sites for hydroxylation is 2. The fourth-order valence-corrected chi connectivity index (χ4v) is 3.90. The number of anilines is 3. The van der Waals surface area contributed by atoms with Crippen LogP contribution in [0.4, 0.5) is 30.8 Å². The molecule has 0 bridgehead atoms. The summed E-state index contributed by atoms with van der Waals surface area (Å²) < 4.78 is 41.3. The normalized spacial score (nSPS) is 14.0. The molecule has 7 nitrogen and oxygen atoms in total. The van der Waals surface area contributed by atoms with Crippen molar-refractivity contribution in [2.24, 2.45) is 7.05 Å². The smallest absolute Gasteiger partial charge is 0.351 e. The molecule has 164 valence electrons. The van der Waals surface area contributed by atoms with Gasteiger partial charge in [-0.25, -0.2) is 4.98 Å². The zero-order valence-electron chi connectivity index (χ0n) is 17.5. The number of alkyl halides is 3. The first-order valence-electron chi connectivity index (χ1n) is 10.1. The van der Waals surface area contributed by atoms with Crippen molar-refractivity contribution in [3.63, 3.8) is 0 Å². The summed E-state index contributed by atoms with van der Waals surface area (Å²) in [6.07, 6.45) is -1.31. The molecule has 0 amide bonds. The molecule has 0 unspecified atom stereocenters. The number of aromatic nitrogens is 5. The molecule has 0 saturated carbocycles. The highest BCUT2D eigenvalue weighted by atomic mass is 19.4. The van der Waals surface area contributed by atoms with E-state index in [1.54, 1.807) is 17.9 Å². The van der Waals surface area contributed by atoms with Crippen LogP contribution >= 0.6 is 0 Å². The van der Waals surface area contributed by atoms with Crippen molar-refractivity contribution in [1.82, 2.24) is 24.7 Å². The molecule has 1 aromatic carbocycles. The fourth-order valence-electron chi connectivity index (χ4n) is 3.90. The Balaban J connectivity index is 1.57. The van der Waals surface area contributed by atoms with Crippen molar-refractivity contribution < 1.29 is 13.2 Å². The molecule has 5 rings (SSSR count). The highest BCUT2D eigenvalue weighted by Gasteiger charge is 2.32. The lowest BCUT2D eigenvalue weighted by Crippen LogP contribution is -2.32. The quantitative estimate of drug-likeness (QED) is 0.511. The van der Waals surface area contributed by atoms with Crippen molar-refractivity contribution in [1.29, 1.82) is 0 Å². The van der Waals surface area contributed by atoms with E-state index in [4.69, 9.17) is 4.98 Å². The summed E-state index contributed by atoms with van der Waals surface area (Å²) in [5.74, 6) is 1.80. The van der Waals surface area contributed by atoms with Crippen LogP contribution in [-0.2, 0) is 26.2 Å². The Morgan fingerprint density at radius 2 is 1.94 bits per heavy atom. The van der Waals surface area contributed by atoms with Gasteiger partial charge in [0.25, 0.3) is 0 Å². The molecule has 0 radical (unpaired) electrons. The molecule has 32 heavy (non-hydrogen) atoms. The van der Waals surface area contributed by atoms with Gasteiger partial charge in [-0.05, 0) is 30.7 Å². The van der Waals surface area contributed by atoms with Crippen LogP contribution in [-0.4, -0.2) is 31.3 Å². The zero-order chi connectivity index (χ0) is 22.5. The topological polar surface area (TPSA) is 71.8 Å². The van der Waals surface area contributed by atoms with Gasteiger partial charge in [-0.3, -0.25) is 9.67 Å². The van der Waals surface area contributed by atoms with E-state index in [0.29, 0.717) is 36.0 Å². The van der Waals surface area contributed by atoms with Crippen LogP contribution in [0.15, 0.2) is 42.7 Å². The van der Waals surface area contributed by atoms with Crippen LogP contribution in [0.5, 0.6) is 0 Å². The van der Waals surface area contributed by atoms with Gasteiger partial charge in [-0.2, -0.15) is 23.3 Å². The monoisotopic (exact) mass is 439 g/mol. The van der Waals surface area contributed by atoms with Gasteiger partial charge >= 0.3 is 6.18 Å². The van der Waals surface area contributed by atoms with Crippen molar-refractivity contribution in [2.45, 2.75) is 26.1 Å². The largest absolute Gasteiger partial charge is 0.417 e. The second kappa shape index (κ2) is 7.47. The average molecular weight is 439 g/mol. The van der Waals surface area contributed by atoms with E-state index in [9.17, 15) is 13.2 Å². The fraction of sp³-hybridized carbons (Fsp3) is 0.273. The van der Waals surface area contributed by atoms with Gasteiger partial charge in [0.15, 0.2) is 0 Å². The van der Waals surface area contributed by atoms with Crippen molar-refractivity contribution in [3.05, 3.63) is 65.1 Å². The molecule has 4 heterocycles. The predicted molar refractivity (Wildman–Crippen MR) is 115 cm³/mol. The van der Waals surface area contributed by atoms with Crippen LogP contribution in [0.3, 0.4) is 0 Å². The number of fused-ring (bicyclic) bond motifs is 2. The second-order valence-corrected chi connectivity index (χ2v) is 7.86. The number of nitrogens with zero attached hydrogens (tertiary/aromatic N) is 6. The number of nitrogens with one attached hydrogen (secondary N) is 1. The van der Waals surface area contributed by atoms with E-state index in [1.807, 2.05) is 36.1 Å². The van der Waals surface area contributed by atoms with Gasteiger partial charge < -0.3 is 10.2 Å². The van der Waals surface area contributed by atoms with E-state index >= 15 is 0 Å². The molecule has 10 heteroatoms. The Hall–Kier alpha value is -3.69. The van der Waals surface area contributed by atoms with Crippen LogP contribution in [0.1, 0.15) is 22.4 Å². The molecular formula is C22H20F3N7. The van der Waals surface area contributed by atoms with Gasteiger partial charge in [-0.15, -0.1) is 0 Å². The molecule has 0 saturated heterocycles. The second-order valence-electron chi connectivity index (χ2n) is 7.86. The molecule has 1 aliphatic rings. The lowest BCUT2D eigenvalue weighted by atomic mass is 10.0. The van der Waals surface area contributed by atoms with Gasteiger partial charge in [-0.1, -0.05) is 11.6 Å². The van der Waals surface area contributed by atoms with Gasteiger partial charge in [0.1, 0.15) is 11.6 Å². The van der Waals surface area contributed by atoms with Gasteiger partial charge in [0, 0.05) is 49.9 Å². The van der Waals surface area contributed by atoms with Crippen LogP contribution < -0.4 is 10.2 Å². The Morgan fingerprint density at radius 3 is 2.69 bits per heavy atom. The summed E-state index contributed by atoms with van der Waals surface area (Å²) in [6, 6.07) is 8.89. The average Bonchev–Trinajstić information content (AvgIpc) is 3.16. The van der Waals surface area contributed by atoms with E-state index < -0.39 is 11.7 Å². The molecule has 0 aliphatic carbocycles. The number of pyridine rings is 1.